The molecule has 7 heteroatoms. The number of rotatable bonds is 1. The molecule has 3 amide bonds. The highest BCUT2D eigenvalue weighted by molar-refractivity contribution is 7.80. The Morgan fingerprint density at radius 1 is 1.38 bits per heavy atom. The van der Waals surface area contributed by atoms with Gasteiger partial charge in [-0.2, -0.15) is 0 Å². The standard InChI is InChI=1S/C9H8N2O3S2/c12-7-2-11(3-8(13)10-7)9(14)6-1-5(15)4-16-6/h1,4,15H,2-3H2,(H,10,12,13). The number of piperazine rings is 1. The summed E-state index contributed by atoms with van der Waals surface area (Å²) in [6, 6.07) is 1.62. The first-order valence-corrected chi connectivity index (χ1v) is 5.78. The molecule has 2 heterocycles. The molecule has 84 valence electrons. The Labute approximate surface area is 101 Å². The monoisotopic (exact) mass is 256 g/mol. The average molecular weight is 256 g/mol. The minimum absolute atomic E-state index is 0.0790. The van der Waals surface area contributed by atoms with E-state index in [2.05, 4.69) is 17.9 Å². The Morgan fingerprint density at radius 3 is 2.50 bits per heavy atom. The highest BCUT2D eigenvalue weighted by Crippen LogP contribution is 2.19. The molecule has 0 unspecified atom stereocenters. The highest BCUT2D eigenvalue weighted by atomic mass is 32.1. The average Bonchev–Trinajstić information content (AvgIpc) is 2.62. The summed E-state index contributed by atoms with van der Waals surface area (Å²) in [5.74, 6) is -1.21. The summed E-state index contributed by atoms with van der Waals surface area (Å²) in [6.45, 7) is -0.158. The third kappa shape index (κ3) is 2.25. The molecule has 0 aliphatic carbocycles. The number of imide groups is 1. The van der Waals surface area contributed by atoms with E-state index in [0.717, 1.165) is 0 Å². The van der Waals surface area contributed by atoms with Gasteiger partial charge in [-0.1, -0.05) is 0 Å². The lowest BCUT2D eigenvalue weighted by Crippen LogP contribution is -2.53. The van der Waals surface area contributed by atoms with Gasteiger partial charge in [0.05, 0.1) is 4.88 Å². The zero-order chi connectivity index (χ0) is 11.7. The van der Waals surface area contributed by atoms with Gasteiger partial charge < -0.3 is 4.90 Å². The number of carbonyl (C=O) groups excluding carboxylic acids is 3. The highest BCUT2D eigenvalue weighted by Gasteiger charge is 2.27. The first-order chi connectivity index (χ1) is 7.56. The molecule has 1 N–H and O–H groups in total. The zero-order valence-electron chi connectivity index (χ0n) is 8.10. The fraction of sp³-hybridized carbons (Fsp3) is 0.222. The molecule has 0 spiro atoms. The summed E-state index contributed by atoms with van der Waals surface area (Å²) in [7, 11) is 0. The van der Waals surface area contributed by atoms with Gasteiger partial charge in [-0.3, -0.25) is 19.7 Å². The fourth-order valence-electron chi connectivity index (χ4n) is 1.37. The lowest BCUT2D eigenvalue weighted by Gasteiger charge is -2.24. The second-order valence-electron chi connectivity index (χ2n) is 3.30. The van der Waals surface area contributed by atoms with Gasteiger partial charge in [0.2, 0.25) is 11.8 Å². The molecular formula is C9H8N2O3S2. The Hall–Kier alpha value is -1.34. The Bertz CT molecular complexity index is 453. The van der Waals surface area contributed by atoms with Crippen molar-refractivity contribution >= 4 is 41.7 Å². The minimum atomic E-state index is -0.452. The number of thiophene rings is 1. The van der Waals surface area contributed by atoms with Gasteiger partial charge in [0, 0.05) is 10.3 Å². The first-order valence-electron chi connectivity index (χ1n) is 4.46. The maximum atomic E-state index is 11.9. The number of carbonyl (C=O) groups is 3. The molecule has 1 aliphatic heterocycles. The van der Waals surface area contributed by atoms with E-state index in [-0.39, 0.29) is 19.0 Å². The Balaban J connectivity index is 2.15. The van der Waals surface area contributed by atoms with Crippen LogP contribution >= 0.6 is 24.0 Å². The summed E-state index contributed by atoms with van der Waals surface area (Å²) in [5.41, 5.74) is 0. The molecular weight excluding hydrogens is 248 g/mol. The van der Waals surface area contributed by atoms with Crippen molar-refractivity contribution in [1.82, 2.24) is 10.2 Å². The number of nitrogens with zero attached hydrogens (tertiary/aromatic N) is 1. The second kappa shape index (κ2) is 4.26. The maximum Gasteiger partial charge on any atom is 0.264 e. The van der Waals surface area contributed by atoms with Crippen molar-refractivity contribution < 1.29 is 14.4 Å². The van der Waals surface area contributed by atoms with E-state index in [4.69, 9.17) is 0 Å². The number of amides is 3. The maximum absolute atomic E-state index is 11.9. The molecule has 2 rings (SSSR count). The normalized spacial score (nSPS) is 16.2. The molecule has 0 saturated carbocycles. The minimum Gasteiger partial charge on any atom is -0.319 e. The van der Waals surface area contributed by atoms with E-state index >= 15 is 0 Å². The van der Waals surface area contributed by atoms with Crippen LogP contribution in [-0.4, -0.2) is 35.7 Å². The van der Waals surface area contributed by atoms with Gasteiger partial charge in [0.25, 0.3) is 5.91 Å². The van der Waals surface area contributed by atoms with Crippen molar-refractivity contribution in [2.24, 2.45) is 0 Å². The van der Waals surface area contributed by atoms with Crippen LogP contribution in [0.15, 0.2) is 16.3 Å². The molecule has 0 aromatic carbocycles. The fourth-order valence-corrected chi connectivity index (χ4v) is 2.49. The van der Waals surface area contributed by atoms with E-state index in [1.165, 1.54) is 16.2 Å². The summed E-state index contributed by atoms with van der Waals surface area (Å²) < 4.78 is 0. The van der Waals surface area contributed by atoms with E-state index in [0.29, 0.717) is 9.77 Å². The molecule has 1 fully saturated rings. The van der Waals surface area contributed by atoms with Crippen LogP contribution in [0.25, 0.3) is 0 Å². The first kappa shape index (κ1) is 11.2. The number of nitrogens with one attached hydrogen (secondary N) is 1. The van der Waals surface area contributed by atoms with Crippen molar-refractivity contribution in [3.8, 4) is 0 Å². The molecule has 1 aromatic heterocycles. The van der Waals surface area contributed by atoms with Gasteiger partial charge in [0.15, 0.2) is 0 Å². The molecule has 0 bridgehead atoms. The Kier molecular flexibility index (Phi) is 2.97. The van der Waals surface area contributed by atoms with E-state index in [9.17, 15) is 14.4 Å². The van der Waals surface area contributed by atoms with Crippen molar-refractivity contribution in [2.75, 3.05) is 13.1 Å². The predicted molar refractivity (Wildman–Crippen MR) is 60.6 cm³/mol. The number of hydrogen-bond donors (Lipinski definition) is 2. The second-order valence-corrected chi connectivity index (χ2v) is 4.73. The molecule has 0 radical (unpaired) electrons. The molecule has 1 saturated heterocycles. The van der Waals surface area contributed by atoms with Crippen LogP contribution in [-0.2, 0) is 9.59 Å². The van der Waals surface area contributed by atoms with Crippen LogP contribution in [0.1, 0.15) is 9.67 Å². The van der Waals surface area contributed by atoms with Gasteiger partial charge in [0.1, 0.15) is 13.1 Å². The largest absolute Gasteiger partial charge is 0.319 e. The number of thiol groups is 1. The van der Waals surface area contributed by atoms with Crippen LogP contribution < -0.4 is 5.32 Å². The van der Waals surface area contributed by atoms with Crippen LogP contribution in [0, 0.1) is 0 Å². The summed E-state index contributed by atoms with van der Waals surface area (Å²) in [6.07, 6.45) is 0. The summed E-state index contributed by atoms with van der Waals surface area (Å²) in [4.78, 5) is 36.4. The third-order valence-corrected chi connectivity index (χ3v) is 3.38. The van der Waals surface area contributed by atoms with Gasteiger partial charge in [-0.05, 0) is 6.07 Å². The van der Waals surface area contributed by atoms with Gasteiger partial charge in [-0.25, -0.2) is 0 Å². The predicted octanol–water partition coefficient (Wildman–Crippen LogP) is 0.135. The quantitative estimate of drug-likeness (QED) is 0.554. The lowest BCUT2D eigenvalue weighted by molar-refractivity contribution is -0.135. The van der Waals surface area contributed by atoms with Crippen molar-refractivity contribution in [3.63, 3.8) is 0 Å². The molecule has 16 heavy (non-hydrogen) atoms. The van der Waals surface area contributed by atoms with Gasteiger partial charge >= 0.3 is 0 Å². The summed E-state index contributed by atoms with van der Waals surface area (Å²) >= 11 is 5.34. The molecule has 1 aromatic rings. The van der Waals surface area contributed by atoms with Crippen molar-refractivity contribution in [1.29, 1.82) is 0 Å². The molecule has 5 nitrogen and oxygen atoms in total. The van der Waals surface area contributed by atoms with E-state index in [1.54, 1.807) is 11.4 Å². The van der Waals surface area contributed by atoms with Crippen LogP contribution in [0.4, 0.5) is 0 Å². The third-order valence-electron chi connectivity index (χ3n) is 2.03. The molecule has 1 aliphatic rings. The zero-order valence-corrected chi connectivity index (χ0v) is 9.81. The van der Waals surface area contributed by atoms with Crippen molar-refractivity contribution in [3.05, 3.63) is 16.3 Å². The topological polar surface area (TPSA) is 66.5 Å². The van der Waals surface area contributed by atoms with Crippen LogP contribution in [0.3, 0.4) is 0 Å². The SMILES string of the molecule is O=C1CN(C(=O)c2cc(S)cs2)CC(=O)N1. The molecule has 0 atom stereocenters. The van der Waals surface area contributed by atoms with E-state index in [1.807, 2.05) is 0 Å². The number of hydrogen-bond acceptors (Lipinski definition) is 5. The Morgan fingerprint density at radius 2 is 2.00 bits per heavy atom. The summed E-state index contributed by atoms with van der Waals surface area (Å²) in [5, 5.41) is 3.86. The van der Waals surface area contributed by atoms with Crippen molar-refractivity contribution in [2.45, 2.75) is 4.90 Å². The van der Waals surface area contributed by atoms with Crippen LogP contribution in [0.5, 0.6) is 0 Å². The smallest absolute Gasteiger partial charge is 0.264 e. The van der Waals surface area contributed by atoms with E-state index < -0.39 is 11.8 Å². The van der Waals surface area contributed by atoms with Crippen LogP contribution in [0.2, 0.25) is 0 Å². The van der Waals surface area contributed by atoms with Gasteiger partial charge in [-0.15, -0.1) is 24.0 Å². The lowest BCUT2D eigenvalue weighted by atomic mass is 10.3.